The van der Waals surface area contributed by atoms with Gasteiger partial charge in [-0.05, 0) is 24.6 Å². The topological polar surface area (TPSA) is 54.9 Å². The predicted octanol–water partition coefficient (Wildman–Crippen LogP) is 2.02. The van der Waals surface area contributed by atoms with Crippen LogP contribution in [0.5, 0.6) is 5.75 Å². The normalized spacial score (nSPS) is 10.3. The molecular formula is C16H24IN3O2. The molecule has 0 atom stereocenters. The summed E-state index contributed by atoms with van der Waals surface area (Å²) >= 11 is 0. The number of nitrogens with zero attached hydrogens (tertiary/aromatic N) is 1. The molecule has 0 heterocycles. The Morgan fingerprint density at radius 2 is 2.14 bits per heavy atom. The molecule has 0 saturated heterocycles. The average molecular weight is 417 g/mol. The zero-order valence-electron chi connectivity index (χ0n) is 13.1. The zero-order chi connectivity index (χ0) is 15.3. The van der Waals surface area contributed by atoms with Crippen LogP contribution in [-0.4, -0.2) is 39.4 Å². The summed E-state index contributed by atoms with van der Waals surface area (Å²) in [6.07, 6.45) is 5.24. The number of terminal acetylenes is 1. The summed E-state index contributed by atoms with van der Waals surface area (Å²) in [6.45, 7) is 4.92. The van der Waals surface area contributed by atoms with Crippen molar-refractivity contribution in [2.45, 2.75) is 13.5 Å². The number of ether oxygens (including phenoxy) is 2. The second kappa shape index (κ2) is 13.2. The van der Waals surface area contributed by atoms with Crippen molar-refractivity contribution in [2.24, 2.45) is 4.99 Å². The summed E-state index contributed by atoms with van der Waals surface area (Å²) in [5, 5.41) is 6.19. The van der Waals surface area contributed by atoms with Crippen LogP contribution in [-0.2, 0) is 11.3 Å². The molecule has 1 rings (SSSR count). The van der Waals surface area contributed by atoms with Crippen molar-refractivity contribution in [3.8, 4) is 18.1 Å². The van der Waals surface area contributed by atoms with Crippen molar-refractivity contribution in [1.82, 2.24) is 10.6 Å². The fraction of sp³-hybridized carbons (Fsp3) is 0.438. The van der Waals surface area contributed by atoms with Gasteiger partial charge >= 0.3 is 0 Å². The molecule has 0 amide bonds. The lowest BCUT2D eigenvalue weighted by Crippen LogP contribution is -2.37. The molecule has 0 saturated carbocycles. The van der Waals surface area contributed by atoms with E-state index in [0.717, 1.165) is 17.9 Å². The van der Waals surface area contributed by atoms with Crippen molar-refractivity contribution in [2.75, 3.05) is 33.4 Å². The van der Waals surface area contributed by atoms with E-state index in [-0.39, 0.29) is 24.0 Å². The van der Waals surface area contributed by atoms with E-state index >= 15 is 0 Å². The Labute approximate surface area is 149 Å². The van der Waals surface area contributed by atoms with Gasteiger partial charge in [0.1, 0.15) is 12.4 Å². The highest BCUT2D eigenvalue weighted by Crippen LogP contribution is 2.13. The number of nitrogens with one attached hydrogen (secondary N) is 2. The first-order chi connectivity index (χ1) is 10.3. The van der Waals surface area contributed by atoms with Gasteiger partial charge in [-0.3, -0.25) is 0 Å². The summed E-state index contributed by atoms with van der Waals surface area (Å²) in [4.78, 5) is 4.48. The SMILES string of the molecule is C#CCNC(=NCc1cccc(OCCOC)c1)NCC.I. The van der Waals surface area contributed by atoms with Gasteiger partial charge in [-0.25, -0.2) is 4.99 Å². The molecular weight excluding hydrogens is 393 g/mol. The molecule has 0 aromatic heterocycles. The van der Waals surface area contributed by atoms with Gasteiger partial charge in [0.05, 0.1) is 19.7 Å². The molecule has 0 aliphatic carbocycles. The summed E-state index contributed by atoms with van der Waals surface area (Å²) in [7, 11) is 1.65. The van der Waals surface area contributed by atoms with Gasteiger partial charge in [0.15, 0.2) is 5.96 Å². The Morgan fingerprint density at radius 1 is 1.32 bits per heavy atom. The Kier molecular flexibility index (Phi) is 12.3. The van der Waals surface area contributed by atoms with Crippen molar-refractivity contribution in [3.63, 3.8) is 0 Å². The summed E-state index contributed by atoms with van der Waals surface area (Å²) in [6, 6.07) is 7.86. The number of aliphatic imine (C=N–C) groups is 1. The van der Waals surface area contributed by atoms with Crippen LogP contribution < -0.4 is 15.4 Å². The minimum atomic E-state index is 0. The minimum absolute atomic E-state index is 0. The summed E-state index contributed by atoms with van der Waals surface area (Å²) in [5.41, 5.74) is 1.07. The van der Waals surface area contributed by atoms with E-state index in [1.54, 1.807) is 7.11 Å². The predicted molar refractivity (Wildman–Crippen MR) is 101 cm³/mol. The monoisotopic (exact) mass is 417 g/mol. The maximum Gasteiger partial charge on any atom is 0.192 e. The molecule has 6 heteroatoms. The minimum Gasteiger partial charge on any atom is -0.491 e. The molecule has 1 aromatic rings. The van der Waals surface area contributed by atoms with E-state index in [4.69, 9.17) is 15.9 Å². The fourth-order valence-electron chi connectivity index (χ4n) is 1.62. The first kappa shape index (κ1) is 20.5. The van der Waals surface area contributed by atoms with Gasteiger partial charge in [0.2, 0.25) is 0 Å². The van der Waals surface area contributed by atoms with Crippen molar-refractivity contribution >= 4 is 29.9 Å². The molecule has 0 fully saturated rings. The van der Waals surface area contributed by atoms with E-state index in [1.165, 1.54) is 0 Å². The van der Waals surface area contributed by atoms with Gasteiger partial charge in [0, 0.05) is 13.7 Å². The lowest BCUT2D eigenvalue weighted by molar-refractivity contribution is 0.146. The quantitative estimate of drug-likeness (QED) is 0.224. The van der Waals surface area contributed by atoms with Crippen molar-refractivity contribution in [3.05, 3.63) is 29.8 Å². The lowest BCUT2D eigenvalue weighted by atomic mass is 10.2. The van der Waals surface area contributed by atoms with E-state index < -0.39 is 0 Å². The van der Waals surface area contributed by atoms with Crippen LogP contribution in [0.2, 0.25) is 0 Å². The number of halogens is 1. The third-order valence-electron chi connectivity index (χ3n) is 2.58. The van der Waals surface area contributed by atoms with Gasteiger partial charge in [-0.15, -0.1) is 30.4 Å². The Hall–Kier alpha value is -1.46. The Bertz CT molecular complexity index is 487. The van der Waals surface area contributed by atoms with Crippen LogP contribution in [0.4, 0.5) is 0 Å². The molecule has 0 spiro atoms. The average Bonchev–Trinajstić information content (AvgIpc) is 2.51. The van der Waals surface area contributed by atoms with Crippen LogP contribution in [0.3, 0.4) is 0 Å². The number of methoxy groups -OCH3 is 1. The highest BCUT2D eigenvalue weighted by Gasteiger charge is 1.99. The number of hydrogen-bond acceptors (Lipinski definition) is 3. The second-order valence-corrected chi connectivity index (χ2v) is 4.24. The molecule has 122 valence electrons. The van der Waals surface area contributed by atoms with E-state index in [1.807, 2.05) is 31.2 Å². The highest BCUT2D eigenvalue weighted by atomic mass is 127. The highest BCUT2D eigenvalue weighted by molar-refractivity contribution is 14.0. The maximum absolute atomic E-state index is 5.58. The van der Waals surface area contributed by atoms with Crippen LogP contribution in [0.25, 0.3) is 0 Å². The van der Waals surface area contributed by atoms with Gasteiger partial charge in [-0.1, -0.05) is 18.1 Å². The molecule has 0 aliphatic rings. The van der Waals surface area contributed by atoms with Crippen LogP contribution >= 0.6 is 24.0 Å². The summed E-state index contributed by atoms with van der Waals surface area (Å²) < 4.78 is 10.5. The molecule has 5 nitrogen and oxygen atoms in total. The standard InChI is InChI=1S/C16H23N3O2.HI/c1-4-9-18-16(17-5-2)19-13-14-7-6-8-15(12-14)21-11-10-20-3;/h1,6-8,12H,5,9-11,13H2,2-3H3,(H2,17,18,19);1H. The number of guanidine groups is 1. The molecule has 22 heavy (non-hydrogen) atoms. The van der Waals surface area contributed by atoms with Gasteiger partial charge in [0.25, 0.3) is 0 Å². The molecule has 0 radical (unpaired) electrons. The molecule has 0 unspecified atom stereocenters. The Morgan fingerprint density at radius 3 is 2.82 bits per heavy atom. The van der Waals surface area contributed by atoms with Gasteiger partial charge in [-0.2, -0.15) is 0 Å². The number of benzene rings is 1. The Balaban J connectivity index is 0.00000441. The number of hydrogen-bond donors (Lipinski definition) is 2. The summed E-state index contributed by atoms with van der Waals surface area (Å²) in [5.74, 6) is 4.06. The second-order valence-electron chi connectivity index (χ2n) is 4.24. The largest absolute Gasteiger partial charge is 0.491 e. The first-order valence-electron chi connectivity index (χ1n) is 6.96. The van der Waals surface area contributed by atoms with Crippen molar-refractivity contribution in [1.29, 1.82) is 0 Å². The fourth-order valence-corrected chi connectivity index (χ4v) is 1.62. The third kappa shape index (κ3) is 8.74. The van der Waals surface area contributed by atoms with E-state index in [2.05, 4.69) is 21.5 Å². The molecule has 2 N–H and O–H groups in total. The number of rotatable bonds is 8. The smallest absolute Gasteiger partial charge is 0.192 e. The molecule has 0 aliphatic heterocycles. The van der Waals surface area contributed by atoms with Crippen LogP contribution in [0.15, 0.2) is 29.3 Å². The van der Waals surface area contributed by atoms with E-state index in [9.17, 15) is 0 Å². The van der Waals surface area contributed by atoms with Crippen molar-refractivity contribution < 1.29 is 9.47 Å². The lowest BCUT2D eigenvalue weighted by Gasteiger charge is -2.09. The molecule has 0 bridgehead atoms. The van der Waals surface area contributed by atoms with E-state index in [0.29, 0.717) is 32.3 Å². The van der Waals surface area contributed by atoms with Crippen LogP contribution in [0.1, 0.15) is 12.5 Å². The molecule has 1 aromatic carbocycles. The van der Waals surface area contributed by atoms with Crippen LogP contribution in [0, 0.1) is 12.3 Å². The zero-order valence-corrected chi connectivity index (χ0v) is 15.4. The van der Waals surface area contributed by atoms with Gasteiger partial charge < -0.3 is 20.1 Å². The maximum atomic E-state index is 5.58. The third-order valence-corrected chi connectivity index (χ3v) is 2.58. The first-order valence-corrected chi connectivity index (χ1v) is 6.96.